The number of amides is 1. The minimum absolute atomic E-state index is 0.00261. The summed E-state index contributed by atoms with van der Waals surface area (Å²) in [5.41, 5.74) is -1.14. The van der Waals surface area contributed by atoms with Gasteiger partial charge in [-0.2, -0.15) is 13.2 Å². The van der Waals surface area contributed by atoms with Crippen molar-refractivity contribution in [2.24, 2.45) is 0 Å². The van der Waals surface area contributed by atoms with Gasteiger partial charge < -0.3 is 10.6 Å². The molecule has 112 valence electrons. The first-order valence-corrected chi connectivity index (χ1v) is 6.28. The Labute approximate surface area is 120 Å². The molecule has 0 aliphatic heterocycles. The number of rotatable bonds is 3. The van der Waals surface area contributed by atoms with Crippen molar-refractivity contribution in [3.63, 3.8) is 0 Å². The van der Waals surface area contributed by atoms with E-state index in [1.807, 2.05) is 20.8 Å². The van der Waals surface area contributed by atoms with Crippen LogP contribution in [0.4, 0.5) is 18.9 Å². The van der Waals surface area contributed by atoms with Gasteiger partial charge in [-0.15, -0.1) is 0 Å². The second-order valence-corrected chi connectivity index (χ2v) is 5.81. The van der Waals surface area contributed by atoms with Gasteiger partial charge in [0.25, 0.3) is 0 Å². The zero-order valence-electron chi connectivity index (χ0n) is 11.4. The largest absolute Gasteiger partial charge is 0.416 e. The lowest BCUT2D eigenvalue weighted by atomic mass is 10.1. The number of hydrogen-bond donors (Lipinski definition) is 2. The third-order valence-corrected chi connectivity index (χ3v) is 2.51. The van der Waals surface area contributed by atoms with Gasteiger partial charge in [-0.05, 0) is 39.0 Å². The van der Waals surface area contributed by atoms with E-state index in [9.17, 15) is 18.0 Å². The maximum atomic E-state index is 12.6. The number of benzene rings is 1. The molecule has 0 aliphatic rings. The average Bonchev–Trinajstić information content (AvgIpc) is 2.23. The van der Waals surface area contributed by atoms with Gasteiger partial charge in [-0.3, -0.25) is 4.79 Å². The smallest absolute Gasteiger partial charge is 0.325 e. The molecule has 7 heteroatoms. The van der Waals surface area contributed by atoms with Crippen LogP contribution in [0.5, 0.6) is 0 Å². The summed E-state index contributed by atoms with van der Waals surface area (Å²) in [5, 5.41) is 5.23. The van der Waals surface area contributed by atoms with E-state index < -0.39 is 17.6 Å². The molecule has 20 heavy (non-hydrogen) atoms. The van der Waals surface area contributed by atoms with Gasteiger partial charge in [0.1, 0.15) is 0 Å². The maximum absolute atomic E-state index is 12.6. The Kier molecular flexibility index (Phi) is 5.05. The highest BCUT2D eigenvalue weighted by Gasteiger charge is 2.31. The molecule has 1 rings (SSSR count). The van der Waals surface area contributed by atoms with Gasteiger partial charge in [0.2, 0.25) is 5.91 Å². The van der Waals surface area contributed by atoms with E-state index >= 15 is 0 Å². The summed E-state index contributed by atoms with van der Waals surface area (Å²) in [5.74, 6) is -0.435. The first-order chi connectivity index (χ1) is 8.97. The molecule has 0 atom stereocenters. The second kappa shape index (κ2) is 6.01. The van der Waals surface area contributed by atoms with Crippen molar-refractivity contribution in [3.8, 4) is 0 Å². The first kappa shape index (κ1) is 16.8. The fraction of sp³-hybridized carbons (Fsp3) is 0.462. The van der Waals surface area contributed by atoms with E-state index in [4.69, 9.17) is 11.6 Å². The van der Waals surface area contributed by atoms with Crippen molar-refractivity contribution in [3.05, 3.63) is 28.8 Å². The Morgan fingerprint density at radius 3 is 2.30 bits per heavy atom. The van der Waals surface area contributed by atoms with Crippen LogP contribution in [0, 0.1) is 0 Å². The predicted molar refractivity (Wildman–Crippen MR) is 72.8 cm³/mol. The number of anilines is 1. The van der Waals surface area contributed by atoms with Crippen LogP contribution in [-0.2, 0) is 11.0 Å². The molecular weight excluding hydrogens is 293 g/mol. The summed E-state index contributed by atoms with van der Waals surface area (Å²) in [6, 6.07) is 2.93. The molecule has 0 heterocycles. The molecule has 0 fully saturated rings. The second-order valence-electron chi connectivity index (χ2n) is 5.38. The normalized spacial score (nSPS) is 12.3. The van der Waals surface area contributed by atoms with E-state index in [0.717, 1.165) is 12.1 Å². The Hall–Kier alpha value is -1.27. The fourth-order valence-electron chi connectivity index (χ4n) is 1.38. The zero-order chi connectivity index (χ0) is 15.6. The van der Waals surface area contributed by atoms with Gasteiger partial charge in [0.15, 0.2) is 0 Å². The highest BCUT2D eigenvalue weighted by Crippen LogP contribution is 2.33. The summed E-state index contributed by atoms with van der Waals surface area (Å²) < 4.78 is 37.8. The van der Waals surface area contributed by atoms with Crippen LogP contribution < -0.4 is 10.6 Å². The van der Waals surface area contributed by atoms with Crippen LogP contribution in [0.3, 0.4) is 0 Å². The van der Waals surface area contributed by atoms with Crippen LogP contribution in [0.15, 0.2) is 18.2 Å². The zero-order valence-corrected chi connectivity index (χ0v) is 12.1. The van der Waals surface area contributed by atoms with Crippen LogP contribution >= 0.6 is 11.6 Å². The number of nitrogens with one attached hydrogen (secondary N) is 2. The molecule has 0 radical (unpaired) electrons. The minimum atomic E-state index is -4.51. The molecule has 0 spiro atoms. The number of carbonyl (C=O) groups is 1. The van der Waals surface area contributed by atoms with Gasteiger partial charge in [0.05, 0.1) is 12.1 Å². The van der Waals surface area contributed by atoms with Crippen LogP contribution in [0.1, 0.15) is 26.3 Å². The lowest BCUT2D eigenvalue weighted by Crippen LogP contribution is -2.41. The van der Waals surface area contributed by atoms with Crippen LogP contribution in [0.2, 0.25) is 5.02 Å². The lowest BCUT2D eigenvalue weighted by Gasteiger charge is -2.20. The maximum Gasteiger partial charge on any atom is 0.416 e. The molecule has 0 saturated carbocycles. The van der Waals surface area contributed by atoms with Crippen LogP contribution in [0.25, 0.3) is 0 Å². The third kappa shape index (κ3) is 5.79. The monoisotopic (exact) mass is 308 g/mol. The van der Waals surface area contributed by atoms with Gasteiger partial charge >= 0.3 is 6.18 Å². The highest BCUT2D eigenvalue weighted by molar-refractivity contribution is 6.31. The Morgan fingerprint density at radius 1 is 1.20 bits per heavy atom. The van der Waals surface area contributed by atoms with Crippen molar-refractivity contribution in [2.75, 3.05) is 11.9 Å². The molecule has 1 aromatic carbocycles. The summed E-state index contributed by atoms with van der Waals surface area (Å²) in [6.07, 6.45) is -4.51. The summed E-state index contributed by atoms with van der Waals surface area (Å²) in [6.45, 7) is 5.63. The Bertz CT molecular complexity index is 495. The van der Waals surface area contributed by atoms with Gasteiger partial charge in [-0.25, -0.2) is 0 Å². The third-order valence-electron chi connectivity index (χ3n) is 2.29. The molecule has 0 aromatic heterocycles. The SMILES string of the molecule is CC(C)(C)NCC(=O)Nc1cc(Cl)cc(C(F)(F)F)c1. The van der Waals surface area contributed by atoms with Crippen molar-refractivity contribution in [1.82, 2.24) is 5.32 Å². The average molecular weight is 309 g/mol. The van der Waals surface area contributed by atoms with Crippen molar-refractivity contribution >= 4 is 23.2 Å². The predicted octanol–water partition coefficient (Wildman–Crippen LogP) is 3.69. The summed E-state index contributed by atoms with van der Waals surface area (Å²) >= 11 is 5.62. The topological polar surface area (TPSA) is 41.1 Å². The van der Waals surface area contributed by atoms with Crippen molar-refractivity contribution in [1.29, 1.82) is 0 Å². The Balaban J connectivity index is 2.78. The Morgan fingerprint density at radius 2 is 1.80 bits per heavy atom. The molecule has 0 aliphatic carbocycles. The molecule has 0 bridgehead atoms. The minimum Gasteiger partial charge on any atom is -0.325 e. The van der Waals surface area contributed by atoms with Crippen LogP contribution in [-0.4, -0.2) is 18.0 Å². The molecule has 3 nitrogen and oxygen atoms in total. The lowest BCUT2D eigenvalue weighted by molar-refractivity contribution is -0.137. The van der Waals surface area contributed by atoms with E-state index in [1.165, 1.54) is 6.07 Å². The molecule has 1 aromatic rings. The van der Waals surface area contributed by atoms with E-state index in [0.29, 0.717) is 0 Å². The number of hydrogen-bond acceptors (Lipinski definition) is 2. The van der Waals surface area contributed by atoms with E-state index in [1.54, 1.807) is 0 Å². The number of alkyl halides is 3. The quantitative estimate of drug-likeness (QED) is 0.894. The molecule has 1 amide bonds. The van der Waals surface area contributed by atoms with E-state index in [2.05, 4.69) is 10.6 Å². The fourth-order valence-corrected chi connectivity index (χ4v) is 1.61. The van der Waals surface area contributed by atoms with Crippen molar-refractivity contribution in [2.45, 2.75) is 32.5 Å². The van der Waals surface area contributed by atoms with Crippen molar-refractivity contribution < 1.29 is 18.0 Å². The summed E-state index contributed by atoms with van der Waals surface area (Å²) in [4.78, 5) is 11.6. The van der Waals surface area contributed by atoms with Gasteiger partial charge in [0, 0.05) is 16.2 Å². The number of halogens is 4. The molecule has 2 N–H and O–H groups in total. The standard InChI is InChI=1S/C13H16ClF3N2O/c1-12(2,3)18-7-11(20)19-10-5-8(13(15,16)17)4-9(14)6-10/h4-6,18H,7H2,1-3H3,(H,19,20). The molecular formula is C13H16ClF3N2O. The number of carbonyl (C=O) groups excluding carboxylic acids is 1. The molecule has 0 unspecified atom stereocenters. The molecule has 0 saturated heterocycles. The van der Waals surface area contributed by atoms with Gasteiger partial charge in [-0.1, -0.05) is 11.6 Å². The highest BCUT2D eigenvalue weighted by atomic mass is 35.5. The first-order valence-electron chi connectivity index (χ1n) is 5.90. The summed E-state index contributed by atoms with van der Waals surface area (Å²) in [7, 11) is 0. The van der Waals surface area contributed by atoms with E-state index in [-0.39, 0.29) is 22.8 Å².